The van der Waals surface area contributed by atoms with E-state index in [9.17, 15) is 5.26 Å². The maximum atomic E-state index is 9.49. The molecule has 2 aromatic rings. The number of aromatic amines is 1. The van der Waals surface area contributed by atoms with Crippen molar-refractivity contribution in [3.05, 3.63) is 45.1 Å². The molecule has 1 aromatic carbocycles. The van der Waals surface area contributed by atoms with Gasteiger partial charge in [0.1, 0.15) is 17.3 Å². The summed E-state index contributed by atoms with van der Waals surface area (Å²) in [5.41, 5.74) is 10.4. The first-order chi connectivity index (χ1) is 10.1. The van der Waals surface area contributed by atoms with Crippen LogP contribution in [0.1, 0.15) is 29.7 Å². The van der Waals surface area contributed by atoms with Gasteiger partial charge in [0.05, 0.1) is 0 Å². The number of benzene rings is 1. The summed E-state index contributed by atoms with van der Waals surface area (Å²) in [5.74, 6) is 0.402. The third kappa shape index (κ3) is 2.46. The van der Waals surface area contributed by atoms with E-state index in [2.05, 4.69) is 11.1 Å². The van der Waals surface area contributed by atoms with Gasteiger partial charge in [-0.25, -0.2) is 4.98 Å². The standard InChI is InChI=1S/C16H13Cl2N3/c17-9-5-6-10(13(18)7-9)15-11-3-1-2-4-14(11)21-16(20)12(15)8-19/h5-7H,1-4H2,(H2,20,21)/p+1. The van der Waals surface area contributed by atoms with Crippen LogP contribution in [-0.2, 0) is 12.8 Å². The molecule has 0 unspecified atom stereocenters. The van der Waals surface area contributed by atoms with E-state index in [0.717, 1.165) is 48.1 Å². The Balaban J connectivity index is 2.34. The Morgan fingerprint density at radius 3 is 2.67 bits per heavy atom. The summed E-state index contributed by atoms with van der Waals surface area (Å²) in [7, 11) is 0. The lowest BCUT2D eigenvalue weighted by molar-refractivity contribution is -0.374. The van der Waals surface area contributed by atoms with Gasteiger partial charge < -0.3 is 0 Å². The summed E-state index contributed by atoms with van der Waals surface area (Å²) in [5, 5.41) is 10.6. The van der Waals surface area contributed by atoms with E-state index in [1.54, 1.807) is 12.1 Å². The summed E-state index contributed by atoms with van der Waals surface area (Å²) >= 11 is 12.3. The molecule has 1 heterocycles. The predicted molar refractivity (Wildman–Crippen MR) is 84.2 cm³/mol. The monoisotopic (exact) mass is 318 g/mol. The van der Waals surface area contributed by atoms with Gasteiger partial charge in [0.25, 0.3) is 5.82 Å². The largest absolute Gasteiger partial charge is 0.289 e. The molecule has 0 saturated carbocycles. The lowest BCUT2D eigenvalue weighted by atomic mass is 9.86. The van der Waals surface area contributed by atoms with Crippen LogP contribution in [0, 0.1) is 11.3 Å². The SMILES string of the molecule is N#Cc1c(N)[nH+]c2c(c1-c1ccc(Cl)cc1Cl)CCCC2. The maximum Gasteiger partial charge on any atom is 0.289 e. The lowest BCUT2D eigenvalue weighted by Gasteiger charge is -2.19. The second-order valence-electron chi connectivity index (χ2n) is 5.19. The highest BCUT2D eigenvalue weighted by molar-refractivity contribution is 6.36. The summed E-state index contributed by atoms with van der Waals surface area (Å²) in [6, 6.07) is 7.54. The number of halogens is 2. The van der Waals surface area contributed by atoms with Gasteiger partial charge >= 0.3 is 0 Å². The third-order valence-corrected chi connectivity index (χ3v) is 4.43. The molecule has 3 rings (SSSR count). The molecule has 0 atom stereocenters. The first-order valence-electron chi connectivity index (χ1n) is 6.84. The van der Waals surface area contributed by atoms with Crippen molar-refractivity contribution >= 4 is 29.0 Å². The van der Waals surface area contributed by atoms with Crippen LogP contribution >= 0.6 is 23.2 Å². The van der Waals surface area contributed by atoms with E-state index in [0.29, 0.717) is 21.4 Å². The number of H-pyrrole nitrogens is 1. The Labute approximate surface area is 133 Å². The molecule has 1 aromatic heterocycles. The van der Waals surface area contributed by atoms with Gasteiger partial charge in [0, 0.05) is 33.2 Å². The van der Waals surface area contributed by atoms with E-state index >= 15 is 0 Å². The number of nitrogen functional groups attached to an aromatic ring is 1. The molecule has 1 aliphatic rings. The number of rotatable bonds is 1. The lowest BCUT2D eigenvalue weighted by Crippen LogP contribution is -2.24. The van der Waals surface area contributed by atoms with Crippen molar-refractivity contribution in [1.82, 2.24) is 0 Å². The van der Waals surface area contributed by atoms with Crippen LogP contribution in [0.2, 0.25) is 10.0 Å². The van der Waals surface area contributed by atoms with Gasteiger partial charge in [-0.2, -0.15) is 5.26 Å². The van der Waals surface area contributed by atoms with Crippen molar-refractivity contribution in [3.8, 4) is 17.2 Å². The van der Waals surface area contributed by atoms with Gasteiger partial charge in [0.2, 0.25) is 0 Å². The molecule has 0 bridgehead atoms. The van der Waals surface area contributed by atoms with Crippen LogP contribution in [0.4, 0.5) is 5.82 Å². The molecule has 106 valence electrons. The minimum absolute atomic E-state index is 0.402. The van der Waals surface area contributed by atoms with Crippen molar-refractivity contribution in [2.45, 2.75) is 25.7 Å². The molecule has 3 nitrogen and oxygen atoms in total. The fourth-order valence-electron chi connectivity index (χ4n) is 2.94. The van der Waals surface area contributed by atoms with Crippen LogP contribution in [0.15, 0.2) is 18.2 Å². The number of hydrogen-bond donors (Lipinski definition) is 1. The third-order valence-electron chi connectivity index (χ3n) is 3.89. The van der Waals surface area contributed by atoms with E-state index in [-0.39, 0.29) is 0 Å². The van der Waals surface area contributed by atoms with Crippen LogP contribution in [0.3, 0.4) is 0 Å². The van der Waals surface area contributed by atoms with Crippen LogP contribution in [0.5, 0.6) is 0 Å². The van der Waals surface area contributed by atoms with Crippen molar-refractivity contribution in [2.75, 3.05) is 5.73 Å². The van der Waals surface area contributed by atoms with Crippen molar-refractivity contribution in [2.24, 2.45) is 0 Å². The number of aromatic nitrogens is 1. The number of pyridine rings is 1. The molecular formula is C16H14Cl2N3+. The Morgan fingerprint density at radius 1 is 1.19 bits per heavy atom. The van der Waals surface area contributed by atoms with Crippen molar-refractivity contribution in [1.29, 1.82) is 5.26 Å². The maximum absolute atomic E-state index is 9.49. The first kappa shape index (κ1) is 14.2. The zero-order valence-electron chi connectivity index (χ0n) is 11.3. The second-order valence-corrected chi connectivity index (χ2v) is 6.03. The molecule has 0 amide bonds. The molecule has 0 fully saturated rings. The minimum atomic E-state index is 0.402. The average Bonchev–Trinajstić information content (AvgIpc) is 2.46. The summed E-state index contributed by atoms with van der Waals surface area (Å²) in [6.07, 6.45) is 4.11. The summed E-state index contributed by atoms with van der Waals surface area (Å²) < 4.78 is 0. The minimum Gasteiger partial charge on any atom is -0.286 e. The molecule has 3 N–H and O–H groups in total. The highest BCUT2D eigenvalue weighted by Crippen LogP contribution is 2.38. The zero-order valence-corrected chi connectivity index (χ0v) is 12.9. The number of hydrogen-bond acceptors (Lipinski definition) is 2. The van der Waals surface area contributed by atoms with Crippen LogP contribution < -0.4 is 10.7 Å². The van der Waals surface area contributed by atoms with Gasteiger partial charge in [-0.1, -0.05) is 29.3 Å². The van der Waals surface area contributed by atoms with Gasteiger partial charge in [-0.15, -0.1) is 0 Å². The highest BCUT2D eigenvalue weighted by Gasteiger charge is 2.25. The van der Waals surface area contributed by atoms with Crippen LogP contribution in [-0.4, -0.2) is 0 Å². The molecule has 0 radical (unpaired) electrons. The molecule has 5 heteroatoms. The number of aryl methyl sites for hydroxylation is 1. The number of anilines is 1. The molecule has 0 saturated heterocycles. The quantitative estimate of drug-likeness (QED) is 0.869. The Bertz CT molecular complexity index is 763. The summed E-state index contributed by atoms with van der Waals surface area (Å²) in [4.78, 5) is 3.17. The van der Waals surface area contributed by atoms with Gasteiger partial charge in [-0.3, -0.25) is 5.73 Å². The fourth-order valence-corrected chi connectivity index (χ4v) is 3.44. The topological polar surface area (TPSA) is 64.0 Å². The highest BCUT2D eigenvalue weighted by atomic mass is 35.5. The van der Waals surface area contributed by atoms with Crippen molar-refractivity contribution < 1.29 is 4.98 Å². The van der Waals surface area contributed by atoms with E-state index in [4.69, 9.17) is 28.9 Å². The van der Waals surface area contributed by atoms with E-state index < -0.39 is 0 Å². The Morgan fingerprint density at radius 2 is 1.95 bits per heavy atom. The second kappa shape index (κ2) is 5.55. The zero-order chi connectivity index (χ0) is 15.0. The number of nitrogens with two attached hydrogens (primary N) is 1. The molecule has 0 spiro atoms. The van der Waals surface area contributed by atoms with Crippen LogP contribution in [0.25, 0.3) is 11.1 Å². The average molecular weight is 319 g/mol. The Hall–Kier alpha value is -1.76. The summed E-state index contributed by atoms with van der Waals surface area (Å²) in [6.45, 7) is 0. The normalized spacial score (nSPS) is 13.6. The number of fused-ring (bicyclic) bond motifs is 1. The van der Waals surface area contributed by atoms with Crippen molar-refractivity contribution in [3.63, 3.8) is 0 Å². The van der Waals surface area contributed by atoms with E-state index in [1.165, 1.54) is 0 Å². The Kier molecular flexibility index (Phi) is 3.75. The number of nitrogens with one attached hydrogen (secondary N) is 1. The van der Waals surface area contributed by atoms with E-state index in [1.807, 2.05) is 6.07 Å². The predicted octanol–water partition coefficient (Wildman–Crippen LogP) is 3.81. The smallest absolute Gasteiger partial charge is 0.286 e. The molecule has 1 aliphatic carbocycles. The molecule has 21 heavy (non-hydrogen) atoms. The van der Waals surface area contributed by atoms with Gasteiger partial charge in [0.15, 0.2) is 0 Å². The first-order valence-corrected chi connectivity index (χ1v) is 7.59. The number of nitriles is 1. The van der Waals surface area contributed by atoms with Gasteiger partial charge in [-0.05, 0) is 31.4 Å². The number of nitrogens with zero attached hydrogens (tertiary/aromatic N) is 1. The molecular weight excluding hydrogens is 305 g/mol. The fraction of sp³-hybridized carbons (Fsp3) is 0.250. The molecule has 0 aliphatic heterocycles.